The number of carbonyl (C=O) groups is 1. The van der Waals surface area contributed by atoms with E-state index >= 15 is 0 Å². The van der Waals surface area contributed by atoms with Crippen LogP contribution in [0.4, 0.5) is 0 Å². The summed E-state index contributed by atoms with van der Waals surface area (Å²) in [6.45, 7) is 4.71. The van der Waals surface area contributed by atoms with Crippen molar-refractivity contribution in [2.75, 3.05) is 20.1 Å². The van der Waals surface area contributed by atoms with Crippen molar-refractivity contribution in [1.82, 2.24) is 14.5 Å². The molecule has 0 aliphatic carbocycles. The number of nitrogens with two attached hydrogens (primary N) is 1. The van der Waals surface area contributed by atoms with Gasteiger partial charge in [0.15, 0.2) is 0 Å². The molecule has 6 heteroatoms. The normalized spacial score (nSPS) is 15.4. The molecular formula is C23H27ClN4O. The third-order valence-electron chi connectivity index (χ3n) is 5.92. The van der Waals surface area contributed by atoms with Gasteiger partial charge in [-0.1, -0.05) is 17.7 Å². The Labute approximate surface area is 176 Å². The number of aromatic nitrogens is 2. The van der Waals surface area contributed by atoms with Gasteiger partial charge in [0.1, 0.15) is 5.78 Å². The van der Waals surface area contributed by atoms with E-state index < -0.39 is 0 Å². The van der Waals surface area contributed by atoms with Crippen LogP contribution in [0.25, 0.3) is 10.9 Å². The summed E-state index contributed by atoms with van der Waals surface area (Å²) in [5, 5.41) is 1.97. The summed E-state index contributed by atoms with van der Waals surface area (Å²) in [7, 11) is 2.15. The number of benzene rings is 1. The van der Waals surface area contributed by atoms with Crippen LogP contribution in [0.15, 0.2) is 36.5 Å². The Kier molecular flexibility index (Phi) is 5.72. The molecule has 4 rings (SSSR count). The maximum atomic E-state index is 12.3. The van der Waals surface area contributed by atoms with Gasteiger partial charge in [-0.05, 0) is 49.4 Å². The third kappa shape index (κ3) is 4.08. The highest BCUT2D eigenvalue weighted by Gasteiger charge is 2.25. The smallest absolute Gasteiger partial charge is 0.147 e. The number of likely N-dealkylation sites (N-methyl/N-ethyl adjacent to an activating group) is 1. The lowest BCUT2D eigenvalue weighted by Gasteiger charge is -2.26. The first-order chi connectivity index (χ1) is 14.0. The fraction of sp³-hybridized carbons (Fsp3) is 0.391. The van der Waals surface area contributed by atoms with E-state index in [0.29, 0.717) is 6.42 Å². The number of nitrogens with zero attached hydrogens (tertiary/aromatic N) is 3. The highest BCUT2D eigenvalue weighted by atomic mass is 35.5. The molecule has 0 bridgehead atoms. The van der Waals surface area contributed by atoms with Crippen molar-refractivity contribution in [3.05, 3.63) is 64.1 Å². The zero-order chi connectivity index (χ0) is 20.5. The van der Waals surface area contributed by atoms with E-state index in [1.807, 2.05) is 25.3 Å². The van der Waals surface area contributed by atoms with Gasteiger partial charge in [-0.15, -0.1) is 0 Å². The van der Waals surface area contributed by atoms with Gasteiger partial charge in [0.05, 0.1) is 6.54 Å². The number of hydrogen-bond donors (Lipinski definition) is 1. The SMILES string of the molecule is Cc1ccc(C(CC(=O)CN)Cn2c3c(c4cc(Cl)ccc42)CN(C)CC3)cn1. The van der Waals surface area contributed by atoms with Crippen LogP contribution in [0.2, 0.25) is 5.02 Å². The monoisotopic (exact) mass is 410 g/mol. The van der Waals surface area contributed by atoms with Gasteiger partial charge >= 0.3 is 0 Å². The summed E-state index contributed by atoms with van der Waals surface area (Å²) >= 11 is 6.32. The van der Waals surface area contributed by atoms with Crippen molar-refractivity contribution in [2.24, 2.45) is 5.73 Å². The third-order valence-corrected chi connectivity index (χ3v) is 6.15. The van der Waals surface area contributed by atoms with Crippen LogP contribution >= 0.6 is 11.6 Å². The number of fused-ring (bicyclic) bond motifs is 3. The van der Waals surface area contributed by atoms with Gasteiger partial charge in [-0.2, -0.15) is 0 Å². The van der Waals surface area contributed by atoms with Crippen molar-refractivity contribution < 1.29 is 4.79 Å². The van der Waals surface area contributed by atoms with Crippen LogP contribution in [0.3, 0.4) is 0 Å². The van der Waals surface area contributed by atoms with Crippen molar-refractivity contribution in [3.63, 3.8) is 0 Å². The maximum absolute atomic E-state index is 12.3. The summed E-state index contributed by atoms with van der Waals surface area (Å²) in [5.74, 6) is 0.109. The number of aryl methyl sites for hydroxylation is 1. The molecule has 1 aliphatic rings. The summed E-state index contributed by atoms with van der Waals surface area (Å²) in [5.41, 5.74) is 11.6. The van der Waals surface area contributed by atoms with E-state index in [4.69, 9.17) is 17.3 Å². The van der Waals surface area contributed by atoms with E-state index in [9.17, 15) is 4.79 Å². The standard InChI is InChI=1S/C23H27ClN4O/c1-15-3-4-16(12-26-15)17(9-19(29)11-25)13-28-22-6-5-18(24)10-20(22)21-14-27(2)8-7-23(21)28/h3-6,10,12,17H,7-9,11,13-14,25H2,1-2H3. The molecular weight excluding hydrogens is 384 g/mol. The van der Waals surface area contributed by atoms with Crippen LogP contribution in [0.5, 0.6) is 0 Å². The molecule has 3 heterocycles. The van der Waals surface area contributed by atoms with Gasteiger partial charge in [0.25, 0.3) is 0 Å². The van der Waals surface area contributed by atoms with E-state index in [1.165, 1.54) is 22.2 Å². The number of carbonyl (C=O) groups excluding carboxylic acids is 1. The lowest BCUT2D eigenvalue weighted by molar-refractivity contribution is -0.118. The molecule has 0 fully saturated rings. The minimum atomic E-state index is 0.0363. The molecule has 0 saturated heterocycles. The Morgan fingerprint density at radius 3 is 2.86 bits per heavy atom. The van der Waals surface area contributed by atoms with E-state index in [2.05, 4.69) is 39.7 Å². The highest BCUT2D eigenvalue weighted by Crippen LogP contribution is 2.34. The molecule has 0 spiro atoms. The fourth-order valence-electron chi connectivity index (χ4n) is 4.35. The average Bonchev–Trinajstić information content (AvgIpc) is 3.00. The van der Waals surface area contributed by atoms with Crippen molar-refractivity contribution in [2.45, 2.75) is 38.8 Å². The Bertz CT molecular complexity index is 1040. The lowest BCUT2D eigenvalue weighted by Crippen LogP contribution is -2.28. The zero-order valence-electron chi connectivity index (χ0n) is 17.0. The molecule has 29 heavy (non-hydrogen) atoms. The molecule has 152 valence electrons. The lowest BCUT2D eigenvalue weighted by atomic mass is 9.94. The van der Waals surface area contributed by atoms with Gasteiger partial charge in [-0.25, -0.2) is 0 Å². The molecule has 3 aromatic rings. The minimum absolute atomic E-state index is 0.0363. The average molecular weight is 411 g/mol. The number of halogens is 1. The van der Waals surface area contributed by atoms with Crippen molar-refractivity contribution >= 4 is 28.3 Å². The summed E-state index contributed by atoms with van der Waals surface area (Å²) in [6, 6.07) is 10.2. The largest absolute Gasteiger partial charge is 0.344 e. The predicted octanol–water partition coefficient (Wildman–Crippen LogP) is 3.69. The van der Waals surface area contributed by atoms with Crippen LogP contribution in [0.1, 0.15) is 34.9 Å². The summed E-state index contributed by atoms with van der Waals surface area (Å²) < 4.78 is 2.39. The molecule has 0 amide bonds. The molecule has 0 saturated carbocycles. The first-order valence-corrected chi connectivity index (χ1v) is 10.5. The Balaban J connectivity index is 1.79. The Morgan fingerprint density at radius 2 is 2.14 bits per heavy atom. The van der Waals surface area contributed by atoms with Crippen molar-refractivity contribution in [3.8, 4) is 0 Å². The number of rotatable bonds is 6. The van der Waals surface area contributed by atoms with E-state index in [-0.39, 0.29) is 18.2 Å². The Hall–Kier alpha value is -2.21. The van der Waals surface area contributed by atoms with Crippen LogP contribution in [-0.4, -0.2) is 40.4 Å². The van der Waals surface area contributed by atoms with E-state index in [0.717, 1.165) is 42.3 Å². The zero-order valence-corrected chi connectivity index (χ0v) is 17.7. The minimum Gasteiger partial charge on any atom is -0.344 e. The molecule has 1 atom stereocenters. The quantitative estimate of drug-likeness (QED) is 0.673. The first-order valence-electron chi connectivity index (χ1n) is 10.1. The molecule has 1 unspecified atom stereocenters. The highest BCUT2D eigenvalue weighted by molar-refractivity contribution is 6.31. The van der Waals surface area contributed by atoms with E-state index in [1.54, 1.807) is 0 Å². The first kappa shape index (κ1) is 20.1. The molecule has 1 aromatic carbocycles. The Morgan fingerprint density at radius 1 is 1.31 bits per heavy atom. The number of pyridine rings is 1. The van der Waals surface area contributed by atoms with Crippen LogP contribution in [-0.2, 0) is 24.3 Å². The summed E-state index contributed by atoms with van der Waals surface area (Å²) in [6.07, 6.45) is 3.30. The number of hydrogen-bond acceptors (Lipinski definition) is 4. The maximum Gasteiger partial charge on any atom is 0.147 e. The molecule has 5 nitrogen and oxygen atoms in total. The number of Topliss-reactive ketones (excluding diaryl/α,β-unsaturated/α-hetero) is 1. The topological polar surface area (TPSA) is 64.2 Å². The van der Waals surface area contributed by atoms with Gasteiger partial charge < -0.3 is 15.2 Å². The predicted molar refractivity (Wildman–Crippen MR) is 117 cm³/mol. The molecule has 0 radical (unpaired) electrons. The second-order valence-electron chi connectivity index (χ2n) is 8.06. The van der Waals surface area contributed by atoms with Crippen LogP contribution in [0, 0.1) is 6.92 Å². The van der Waals surface area contributed by atoms with Gasteiger partial charge in [0, 0.05) is 71.9 Å². The second-order valence-corrected chi connectivity index (χ2v) is 8.50. The molecule has 1 aliphatic heterocycles. The number of ketones is 1. The van der Waals surface area contributed by atoms with Gasteiger partial charge in [0.2, 0.25) is 0 Å². The van der Waals surface area contributed by atoms with Crippen LogP contribution < -0.4 is 5.73 Å². The second kappa shape index (κ2) is 8.27. The van der Waals surface area contributed by atoms with Gasteiger partial charge in [-0.3, -0.25) is 9.78 Å². The summed E-state index contributed by atoms with van der Waals surface area (Å²) in [4.78, 5) is 19.0. The van der Waals surface area contributed by atoms with Crippen molar-refractivity contribution in [1.29, 1.82) is 0 Å². The molecule has 2 N–H and O–H groups in total. The molecule has 2 aromatic heterocycles. The fourth-order valence-corrected chi connectivity index (χ4v) is 4.52.